The Morgan fingerprint density at radius 3 is 2.56 bits per heavy atom. The molecule has 0 bridgehead atoms. The summed E-state index contributed by atoms with van der Waals surface area (Å²) in [6.45, 7) is 3.19. The summed E-state index contributed by atoms with van der Waals surface area (Å²) < 4.78 is 0. The van der Waals surface area contributed by atoms with Gasteiger partial charge in [-0.3, -0.25) is 4.79 Å². The number of nitrogens with zero attached hydrogens (tertiary/aromatic N) is 1. The van der Waals surface area contributed by atoms with Crippen molar-refractivity contribution in [3.8, 4) is 0 Å². The highest BCUT2D eigenvalue weighted by molar-refractivity contribution is 5.80. The number of fused-ring (bicyclic) bond motifs is 1. The first-order chi connectivity index (χ1) is 12.3. The molecule has 25 heavy (non-hydrogen) atoms. The molecule has 0 spiro atoms. The fraction of sp³-hybridized carbons (Fsp3) is 0.435. The van der Waals surface area contributed by atoms with E-state index in [-0.39, 0.29) is 6.04 Å². The molecule has 0 aromatic heterocycles. The van der Waals surface area contributed by atoms with E-state index in [9.17, 15) is 4.79 Å². The van der Waals surface area contributed by atoms with E-state index < -0.39 is 0 Å². The van der Waals surface area contributed by atoms with Gasteiger partial charge in [0.1, 0.15) is 5.78 Å². The normalized spacial score (nSPS) is 16.5. The lowest BCUT2D eigenvalue weighted by Crippen LogP contribution is -2.36. The van der Waals surface area contributed by atoms with Crippen LogP contribution in [0.25, 0.3) is 0 Å². The summed E-state index contributed by atoms with van der Waals surface area (Å²) in [5.41, 5.74) is 3.96. The van der Waals surface area contributed by atoms with Gasteiger partial charge in [0.2, 0.25) is 0 Å². The van der Waals surface area contributed by atoms with Crippen LogP contribution in [0.1, 0.15) is 62.6 Å². The van der Waals surface area contributed by atoms with Crippen LogP contribution in [-0.2, 0) is 11.2 Å². The van der Waals surface area contributed by atoms with E-state index in [1.807, 2.05) is 0 Å². The Labute approximate surface area is 151 Å². The van der Waals surface area contributed by atoms with Crippen molar-refractivity contribution in [1.29, 1.82) is 0 Å². The van der Waals surface area contributed by atoms with Gasteiger partial charge in [0.25, 0.3) is 0 Å². The average Bonchev–Trinajstić information content (AvgIpc) is 2.66. The molecule has 1 heterocycles. The smallest absolute Gasteiger partial charge is 0.135 e. The molecule has 1 atom stereocenters. The average molecular weight is 335 g/mol. The van der Waals surface area contributed by atoms with Gasteiger partial charge in [0.05, 0.1) is 6.04 Å². The lowest BCUT2D eigenvalue weighted by atomic mass is 9.88. The van der Waals surface area contributed by atoms with Gasteiger partial charge in [0, 0.05) is 25.1 Å². The van der Waals surface area contributed by atoms with E-state index in [0.29, 0.717) is 12.2 Å². The maximum absolute atomic E-state index is 12.6. The van der Waals surface area contributed by atoms with Gasteiger partial charge in [0.15, 0.2) is 0 Å². The van der Waals surface area contributed by atoms with Crippen molar-refractivity contribution in [3.05, 3.63) is 65.7 Å². The zero-order valence-electron chi connectivity index (χ0n) is 15.3. The third-order valence-corrected chi connectivity index (χ3v) is 5.23. The highest BCUT2D eigenvalue weighted by Crippen LogP contribution is 2.36. The Kier molecular flexibility index (Phi) is 6.27. The van der Waals surface area contributed by atoms with Crippen LogP contribution in [0.5, 0.6) is 0 Å². The monoisotopic (exact) mass is 335 g/mol. The van der Waals surface area contributed by atoms with Gasteiger partial charge in [-0.25, -0.2) is 0 Å². The predicted molar refractivity (Wildman–Crippen MR) is 105 cm³/mol. The summed E-state index contributed by atoms with van der Waals surface area (Å²) in [5.74, 6) is 0.402. The Morgan fingerprint density at radius 1 is 1.00 bits per heavy atom. The number of benzene rings is 2. The van der Waals surface area contributed by atoms with Crippen molar-refractivity contribution in [2.45, 2.75) is 57.9 Å². The molecule has 1 unspecified atom stereocenters. The van der Waals surface area contributed by atoms with Crippen molar-refractivity contribution in [1.82, 2.24) is 0 Å². The topological polar surface area (TPSA) is 20.3 Å². The van der Waals surface area contributed by atoms with Crippen molar-refractivity contribution < 1.29 is 4.79 Å². The van der Waals surface area contributed by atoms with E-state index in [2.05, 4.69) is 66.4 Å². The van der Waals surface area contributed by atoms with Crippen LogP contribution in [0.3, 0.4) is 0 Å². The largest absolute Gasteiger partial charge is 0.364 e. The first-order valence-corrected chi connectivity index (χ1v) is 9.70. The zero-order chi connectivity index (χ0) is 17.5. The zero-order valence-corrected chi connectivity index (χ0v) is 15.3. The minimum Gasteiger partial charge on any atom is -0.364 e. The predicted octanol–water partition coefficient (Wildman–Crippen LogP) is 5.72. The molecule has 1 aliphatic rings. The first kappa shape index (κ1) is 17.7. The number of para-hydroxylation sites is 1. The second kappa shape index (κ2) is 8.84. The van der Waals surface area contributed by atoms with E-state index in [1.54, 1.807) is 0 Å². The Hall–Kier alpha value is -2.09. The third-order valence-electron chi connectivity index (χ3n) is 5.23. The highest BCUT2D eigenvalue weighted by atomic mass is 16.1. The van der Waals surface area contributed by atoms with E-state index in [4.69, 9.17) is 0 Å². The number of hydrogen-bond acceptors (Lipinski definition) is 2. The summed E-state index contributed by atoms with van der Waals surface area (Å²) in [6, 6.07) is 19.3. The fourth-order valence-corrected chi connectivity index (χ4v) is 3.87. The number of hydrogen-bond donors (Lipinski definition) is 0. The first-order valence-electron chi connectivity index (χ1n) is 9.70. The molecule has 0 fully saturated rings. The molecule has 0 saturated carbocycles. The molecule has 2 aromatic rings. The van der Waals surface area contributed by atoms with Crippen LogP contribution >= 0.6 is 0 Å². The number of rotatable bonds is 8. The highest BCUT2D eigenvalue weighted by Gasteiger charge is 2.28. The van der Waals surface area contributed by atoms with Crippen LogP contribution in [0.4, 0.5) is 5.69 Å². The molecule has 132 valence electrons. The number of carbonyl (C=O) groups is 1. The van der Waals surface area contributed by atoms with Crippen LogP contribution in [0.15, 0.2) is 54.6 Å². The molecular weight excluding hydrogens is 306 g/mol. The SMILES string of the molecule is CCCCCCC(=O)CC1c2ccccc2CCN1c1ccccc1. The second-order valence-electron chi connectivity index (χ2n) is 7.05. The molecule has 2 heteroatoms. The summed E-state index contributed by atoms with van der Waals surface area (Å²) in [4.78, 5) is 15.1. The van der Waals surface area contributed by atoms with E-state index in [0.717, 1.165) is 25.8 Å². The van der Waals surface area contributed by atoms with Crippen LogP contribution in [-0.4, -0.2) is 12.3 Å². The number of anilines is 1. The summed E-state index contributed by atoms with van der Waals surface area (Å²) in [5, 5.41) is 0. The van der Waals surface area contributed by atoms with Crippen LogP contribution < -0.4 is 4.90 Å². The van der Waals surface area contributed by atoms with Crippen molar-refractivity contribution in [2.75, 3.05) is 11.4 Å². The van der Waals surface area contributed by atoms with Crippen LogP contribution in [0.2, 0.25) is 0 Å². The minimum absolute atomic E-state index is 0.172. The molecule has 0 radical (unpaired) electrons. The quantitative estimate of drug-likeness (QED) is 0.575. The van der Waals surface area contributed by atoms with Crippen LogP contribution in [0, 0.1) is 0 Å². The Bertz CT molecular complexity index is 680. The Balaban J connectivity index is 1.77. The second-order valence-corrected chi connectivity index (χ2v) is 7.05. The molecule has 3 rings (SSSR count). The fourth-order valence-electron chi connectivity index (χ4n) is 3.87. The lowest BCUT2D eigenvalue weighted by molar-refractivity contribution is -0.119. The maximum atomic E-state index is 12.6. The standard InChI is InChI=1S/C23H29NO/c1-2-3-4-8-14-21(25)18-23-22-15-10-9-11-19(22)16-17-24(23)20-12-6-5-7-13-20/h5-7,9-13,15,23H,2-4,8,14,16-18H2,1H3. The molecular formula is C23H29NO. The van der Waals surface area contributed by atoms with Gasteiger partial charge in [-0.15, -0.1) is 0 Å². The number of carbonyl (C=O) groups excluding carboxylic acids is 1. The van der Waals surface area contributed by atoms with Crippen molar-refractivity contribution in [2.24, 2.45) is 0 Å². The summed E-state index contributed by atoms with van der Waals surface area (Å²) >= 11 is 0. The van der Waals surface area contributed by atoms with Gasteiger partial charge in [-0.05, 0) is 36.1 Å². The molecule has 1 aliphatic heterocycles. The number of unbranched alkanes of at least 4 members (excludes halogenated alkanes) is 3. The molecule has 0 N–H and O–H groups in total. The van der Waals surface area contributed by atoms with E-state index in [1.165, 1.54) is 36.1 Å². The summed E-state index contributed by atoms with van der Waals surface area (Å²) in [6.07, 6.45) is 7.05. The maximum Gasteiger partial charge on any atom is 0.135 e. The van der Waals surface area contributed by atoms with Crippen molar-refractivity contribution in [3.63, 3.8) is 0 Å². The lowest BCUT2D eigenvalue weighted by Gasteiger charge is -2.39. The number of ketones is 1. The van der Waals surface area contributed by atoms with Crippen molar-refractivity contribution >= 4 is 11.5 Å². The van der Waals surface area contributed by atoms with E-state index >= 15 is 0 Å². The van der Waals surface area contributed by atoms with Gasteiger partial charge >= 0.3 is 0 Å². The Morgan fingerprint density at radius 2 is 1.76 bits per heavy atom. The molecule has 2 nitrogen and oxygen atoms in total. The molecule has 0 saturated heterocycles. The number of Topliss-reactive ketones (excluding diaryl/α,β-unsaturated/α-hetero) is 1. The summed E-state index contributed by atoms with van der Waals surface area (Å²) in [7, 11) is 0. The molecule has 0 aliphatic carbocycles. The van der Waals surface area contributed by atoms with Gasteiger partial charge in [-0.2, -0.15) is 0 Å². The molecule has 0 amide bonds. The van der Waals surface area contributed by atoms with Gasteiger partial charge < -0.3 is 4.90 Å². The molecule has 2 aromatic carbocycles. The third kappa shape index (κ3) is 4.50. The van der Waals surface area contributed by atoms with Gasteiger partial charge in [-0.1, -0.05) is 68.7 Å². The minimum atomic E-state index is 0.172.